The van der Waals surface area contributed by atoms with E-state index in [1.807, 2.05) is 35.6 Å². The number of anilines is 1. The third kappa shape index (κ3) is 3.32. The van der Waals surface area contributed by atoms with E-state index in [9.17, 15) is 0 Å². The average molecular weight is 341 g/mol. The molecule has 3 aromatic heterocycles. The van der Waals surface area contributed by atoms with Gasteiger partial charge in [0.25, 0.3) is 0 Å². The van der Waals surface area contributed by atoms with E-state index in [1.54, 1.807) is 17.2 Å². The fraction of sp³-hybridized carbons (Fsp3) is 0.562. The summed E-state index contributed by atoms with van der Waals surface area (Å²) in [5.41, 5.74) is 0.813. The number of rotatable bonds is 5. The SMILES string of the molecule is CN(C)c1ccc2nnc(C3CCN(CCn4nccn4)CC3)n2n1. The number of nitrogens with zero attached hydrogens (tertiary/aromatic N) is 9. The highest BCUT2D eigenvalue weighted by Gasteiger charge is 2.25. The van der Waals surface area contributed by atoms with E-state index in [-0.39, 0.29) is 0 Å². The van der Waals surface area contributed by atoms with Crippen molar-refractivity contribution in [2.45, 2.75) is 25.3 Å². The lowest BCUT2D eigenvalue weighted by Crippen LogP contribution is -2.36. The highest BCUT2D eigenvalue weighted by molar-refractivity contribution is 5.45. The lowest BCUT2D eigenvalue weighted by atomic mass is 9.96. The van der Waals surface area contributed by atoms with Crippen molar-refractivity contribution >= 4 is 11.5 Å². The van der Waals surface area contributed by atoms with Gasteiger partial charge in [-0.2, -0.15) is 19.5 Å². The van der Waals surface area contributed by atoms with Crippen LogP contribution < -0.4 is 4.90 Å². The summed E-state index contributed by atoms with van der Waals surface area (Å²) in [6.45, 7) is 3.91. The third-order valence-corrected chi connectivity index (χ3v) is 4.77. The van der Waals surface area contributed by atoms with Gasteiger partial charge >= 0.3 is 0 Å². The standard InChI is InChI=1S/C16H23N9/c1-22(2)15-4-3-14-19-20-16(25(14)21-15)13-5-9-23(10-6-13)11-12-24-17-7-8-18-24/h3-4,7-8,13H,5-6,9-12H2,1-2H3. The fourth-order valence-electron chi connectivity index (χ4n) is 3.29. The van der Waals surface area contributed by atoms with Crippen LogP contribution in [0.1, 0.15) is 24.6 Å². The van der Waals surface area contributed by atoms with Crippen LogP contribution in [0.15, 0.2) is 24.5 Å². The molecule has 0 unspecified atom stereocenters. The van der Waals surface area contributed by atoms with E-state index in [0.717, 1.165) is 56.3 Å². The van der Waals surface area contributed by atoms with Crippen LogP contribution in [0.25, 0.3) is 5.65 Å². The monoisotopic (exact) mass is 341 g/mol. The second kappa shape index (κ2) is 6.75. The van der Waals surface area contributed by atoms with Gasteiger partial charge in [0.05, 0.1) is 18.9 Å². The molecule has 0 bridgehead atoms. The molecule has 4 heterocycles. The first-order valence-corrected chi connectivity index (χ1v) is 8.67. The number of piperidine rings is 1. The Morgan fingerprint density at radius 2 is 1.80 bits per heavy atom. The van der Waals surface area contributed by atoms with Crippen molar-refractivity contribution in [1.29, 1.82) is 0 Å². The van der Waals surface area contributed by atoms with Gasteiger partial charge in [0.15, 0.2) is 11.5 Å². The first-order chi connectivity index (χ1) is 12.2. The second-order valence-electron chi connectivity index (χ2n) is 6.66. The minimum Gasteiger partial charge on any atom is -0.361 e. The highest BCUT2D eigenvalue weighted by atomic mass is 15.5. The van der Waals surface area contributed by atoms with E-state index in [0.29, 0.717) is 5.92 Å². The molecule has 1 fully saturated rings. The molecule has 4 rings (SSSR count). The van der Waals surface area contributed by atoms with Crippen molar-refractivity contribution in [2.75, 3.05) is 38.6 Å². The molecule has 0 aliphatic carbocycles. The molecular formula is C16H23N9. The summed E-state index contributed by atoms with van der Waals surface area (Å²) in [7, 11) is 3.98. The van der Waals surface area contributed by atoms with E-state index in [2.05, 4.69) is 30.4 Å². The summed E-state index contributed by atoms with van der Waals surface area (Å²) in [6, 6.07) is 3.95. The predicted octanol–water partition coefficient (Wildman–Crippen LogP) is 0.661. The van der Waals surface area contributed by atoms with Crippen molar-refractivity contribution in [3.63, 3.8) is 0 Å². The normalized spacial score (nSPS) is 16.6. The summed E-state index contributed by atoms with van der Waals surface area (Å²) in [5, 5.41) is 21.7. The third-order valence-electron chi connectivity index (χ3n) is 4.77. The van der Waals surface area contributed by atoms with Crippen molar-refractivity contribution < 1.29 is 0 Å². The Balaban J connectivity index is 1.42. The summed E-state index contributed by atoms with van der Waals surface area (Å²) >= 11 is 0. The molecule has 0 aromatic carbocycles. The molecule has 0 spiro atoms. The van der Waals surface area contributed by atoms with Gasteiger partial charge in [0.2, 0.25) is 0 Å². The Kier molecular flexibility index (Phi) is 4.31. The average Bonchev–Trinajstić information content (AvgIpc) is 3.29. The first kappa shape index (κ1) is 15.9. The molecule has 1 saturated heterocycles. The van der Waals surface area contributed by atoms with Gasteiger partial charge < -0.3 is 9.80 Å². The van der Waals surface area contributed by atoms with E-state index < -0.39 is 0 Å². The van der Waals surface area contributed by atoms with Crippen LogP contribution >= 0.6 is 0 Å². The lowest BCUT2D eigenvalue weighted by molar-refractivity contribution is 0.196. The second-order valence-corrected chi connectivity index (χ2v) is 6.66. The van der Waals surface area contributed by atoms with Crippen LogP contribution in [0.3, 0.4) is 0 Å². The number of fused-ring (bicyclic) bond motifs is 1. The molecule has 0 radical (unpaired) electrons. The molecule has 9 nitrogen and oxygen atoms in total. The topological polar surface area (TPSA) is 80.3 Å². The predicted molar refractivity (Wildman–Crippen MR) is 93.5 cm³/mol. The van der Waals surface area contributed by atoms with Gasteiger partial charge in [-0.05, 0) is 38.1 Å². The Morgan fingerprint density at radius 3 is 2.52 bits per heavy atom. The van der Waals surface area contributed by atoms with Gasteiger partial charge in [0, 0.05) is 26.6 Å². The van der Waals surface area contributed by atoms with Gasteiger partial charge in [-0.1, -0.05) is 0 Å². The Labute approximate surface area is 146 Å². The van der Waals surface area contributed by atoms with E-state index in [4.69, 9.17) is 0 Å². The Hall–Kier alpha value is -2.55. The molecule has 1 aliphatic rings. The zero-order valence-corrected chi connectivity index (χ0v) is 14.7. The summed E-state index contributed by atoms with van der Waals surface area (Å²) < 4.78 is 1.91. The molecule has 3 aromatic rings. The quantitative estimate of drug-likeness (QED) is 0.674. The van der Waals surface area contributed by atoms with Crippen LogP contribution in [-0.4, -0.2) is 73.4 Å². The molecule has 25 heavy (non-hydrogen) atoms. The molecule has 0 saturated carbocycles. The summed E-state index contributed by atoms with van der Waals surface area (Å²) in [4.78, 5) is 6.20. The first-order valence-electron chi connectivity index (χ1n) is 8.67. The van der Waals surface area contributed by atoms with Crippen molar-refractivity contribution in [2.24, 2.45) is 0 Å². The number of hydrogen-bond donors (Lipinski definition) is 0. The minimum absolute atomic E-state index is 0.402. The van der Waals surface area contributed by atoms with Crippen LogP contribution in [-0.2, 0) is 6.54 Å². The number of hydrogen-bond acceptors (Lipinski definition) is 7. The van der Waals surface area contributed by atoms with Crippen LogP contribution in [0.5, 0.6) is 0 Å². The zero-order chi connectivity index (χ0) is 17.2. The van der Waals surface area contributed by atoms with Crippen LogP contribution in [0.4, 0.5) is 5.82 Å². The lowest BCUT2D eigenvalue weighted by Gasteiger charge is -2.30. The smallest absolute Gasteiger partial charge is 0.178 e. The largest absolute Gasteiger partial charge is 0.361 e. The number of likely N-dealkylation sites (tertiary alicyclic amines) is 1. The zero-order valence-electron chi connectivity index (χ0n) is 14.7. The van der Waals surface area contributed by atoms with E-state index >= 15 is 0 Å². The van der Waals surface area contributed by atoms with Gasteiger partial charge in [0.1, 0.15) is 5.82 Å². The fourth-order valence-corrected chi connectivity index (χ4v) is 3.29. The minimum atomic E-state index is 0.402. The Bertz CT molecular complexity index is 815. The molecular weight excluding hydrogens is 318 g/mol. The highest BCUT2D eigenvalue weighted by Crippen LogP contribution is 2.27. The van der Waals surface area contributed by atoms with Crippen LogP contribution in [0.2, 0.25) is 0 Å². The van der Waals surface area contributed by atoms with Crippen molar-refractivity contribution in [1.82, 2.24) is 39.7 Å². The van der Waals surface area contributed by atoms with Crippen molar-refractivity contribution in [3.05, 3.63) is 30.4 Å². The summed E-state index contributed by atoms with van der Waals surface area (Å²) in [6.07, 6.45) is 5.58. The Morgan fingerprint density at radius 1 is 1.04 bits per heavy atom. The summed E-state index contributed by atoms with van der Waals surface area (Å²) in [5.74, 6) is 2.30. The molecule has 132 valence electrons. The number of aromatic nitrogens is 7. The molecule has 9 heteroatoms. The van der Waals surface area contributed by atoms with Gasteiger partial charge in [-0.25, -0.2) is 0 Å². The maximum absolute atomic E-state index is 4.68. The molecule has 0 amide bonds. The molecule has 0 N–H and O–H groups in total. The maximum atomic E-state index is 4.68. The van der Waals surface area contributed by atoms with Crippen LogP contribution in [0, 0.1) is 0 Å². The van der Waals surface area contributed by atoms with E-state index in [1.165, 1.54) is 0 Å². The molecule has 1 aliphatic heterocycles. The maximum Gasteiger partial charge on any atom is 0.178 e. The van der Waals surface area contributed by atoms with Crippen molar-refractivity contribution in [3.8, 4) is 0 Å². The van der Waals surface area contributed by atoms with Gasteiger partial charge in [-0.15, -0.1) is 15.3 Å². The molecule has 0 atom stereocenters. The van der Waals surface area contributed by atoms with Gasteiger partial charge in [-0.3, -0.25) is 0 Å².